The molecular weight excluding hydrogens is 570 g/mol. The topological polar surface area (TPSA) is 57.3 Å². The molecule has 222 valence electrons. The number of nitrogens with zero attached hydrogens (tertiary/aromatic N) is 5. The van der Waals surface area contributed by atoms with Gasteiger partial charge in [0.2, 0.25) is 0 Å². The summed E-state index contributed by atoms with van der Waals surface area (Å²) in [7, 11) is 1.67. The Morgan fingerprint density at radius 3 is 2.15 bits per heavy atom. The predicted octanol–water partition coefficient (Wildman–Crippen LogP) is 9.64. The van der Waals surface area contributed by atoms with Gasteiger partial charge in [-0.15, -0.1) is 0 Å². The van der Waals surface area contributed by atoms with Crippen LogP contribution in [0.4, 0.5) is 17.1 Å². The van der Waals surface area contributed by atoms with Gasteiger partial charge in [0.05, 0.1) is 41.9 Å². The summed E-state index contributed by atoms with van der Waals surface area (Å²) < 4.78 is 15.9. The number of pyridine rings is 1. The SMILES string of the molecule is COc1ccc(N(c2ccccc2)c2cnn(-c3cccc(Oc4ccc5c6ccccc6n(-c6ccccn6)c5c4)c3)c2)cc1. The average molecular weight is 600 g/mol. The maximum absolute atomic E-state index is 6.45. The summed E-state index contributed by atoms with van der Waals surface area (Å²) in [5, 5.41) is 7.05. The number of hydrogen-bond acceptors (Lipinski definition) is 5. The van der Waals surface area contributed by atoms with Crippen molar-refractivity contribution in [1.29, 1.82) is 0 Å². The van der Waals surface area contributed by atoms with Gasteiger partial charge in [-0.25, -0.2) is 9.67 Å². The molecule has 3 aromatic heterocycles. The summed E-state index contributed by atoms with van der Waals surface area (Å²) in [6, 6.07) is 46.8. The van der Waals surface area contributed by atoms with E-state index in [-0.39, 0.29) is 0 Å². The number of hydrogen-bond donors (Lipinski definition) is 0. The summed E-state index contributed by atoms with van der Waals surface area (Å²) in [5.41, 5.74) is 5.98. The molecule has 7 heteroatoms. The maximum atomic E-state index is 6.45. The van der Waals surface area contributed by atoms with Gasteiger partial charge in [-0.2, -0.15) is 5.10 Å². The average Bonchev–Trinajstić information content (AvgIpc) is 3.73. The Balaban J connectivity index is 1.13. The van der Waals surface area contributed by atoms with Gasteiger partial charge in [-0.3, -0.25) is 4.57 Å². The fraction of sp³-hybridized carbons (Fsp3) is 0.0256. The van der Waals surface area contributed by atoms with Crippen LogP contribution in [0, 0.1) is 0 Å². The van der Waals surface area contributed by atoms with Gasteiger partial charge in [-0.1, -0.05) is 48.5 Å². The van der Waals surface area contributed by atoms with Crippen LogP contribution in [0.1, 0.15) is 0 Å². The van der Waals surface area contributed by atoms with E-state index in [9.17, 15) is 0 Å². The Morgan fingerprint density at radius 2 is 1.33 bits per heavy atom. The highest BCUT2D eigenvalue weighted by Crippen LogP contribution is 2.37. The molecule has 8 aromatic rings. The molecule has 46 heavy (non-hydrogen) atoms. The molecule has 0 aliphatic heterocycles. The number of methoxy groups -OCH3 is 1. The van der Waals surface area contributed by atoms with E-state index in [2.05, 4.69) is 63.0 Å². The second-order valence-electron chi connectivity index (χ2n) is 10.8. The lowest BCUT2D eigenvalue weighted by atomic mass is 10.1. The van der Waals surface area contributed by atoms with Crippen LogP contribution < -0.4 is 14.4 Å². The third-order valence-electron chi connectivity index (χ3n) is 8.01. The Bertz CT molecular complexity index is 2280. The third kappa shape index (κ3) is 5.00. The molecule has 0 atom stereocenters. The lowest BCUT2D eigenvalue weighted by Crippen LogP contribution is -2.09. The number of para-hydroxylation sites is 2. The zero-order valence-electron chi connectivity index (χ0n) is 25.1. The van der Waals surface area contributed by atoms with Gasteiger partial charge < -0.3 is 14.4 Å². The van der Waals surface area contributed by atoms with Gasteiger partial charge in [0.25, 0.3) is 0 Å². The van der Waals surface area contributed by atoms with E-state index in [1.807, 2.05) is 114 Å². The van der Waals surface area contributed by atoms with Gasteiger partial charge in [0.15, 0.2) is 0 Å². The maximum Gasteiger partial charge on any atom is 0.137 e. The first-order valence-corrected chi connectivity index (χ1v) is 15.0. The smallest absolute Gasteiger partial charge is 0.137 e. The zero-order valence-corrected chi connectivity index (χ0v) is 25.1. The summed E-state index contributed by atoms with van der Waals surface area (Å²) >= 11 is 0. The van der Waals surface area contributed by atoms with Crippen LogP contribution >= 0.6 is 0 Å². The monoisotopic (exact) mass is 599 g/mol. The van der Waals surface area contributed by atoms with E-state index in [1.54, 1.807) is 7.11 Å². The fourth-order valence-electron chi connectivity index (χ4n) is 5.90. The van der Waals surface area contributed by atoms with Gasteiger partial charge in [0, 0.05) is 40.5 Å². The highest BCUT2D eigenvalue weighted by Gasteiger charge is 2.16. The van der Waals surface area contributed by atoms with Crippen LogP contribution in [0.3, 0.4) is 0 Å². The molecule has 0 saturated carbocycles. The number of fused-ring (bicyclic) bond motifs is 3. The summed E-state index contributed by atoms with van der Waals surface area (Å²) in [4.78, 5) is 6.81. The van der Waals surface area contributed by atoms with E-state index in [0.29, 0.717) is 5.75 Å². The van der Waals surface area contributed by atoms with Crippen molar-refractivity contribution in [3.05, 3.63) is 158 Å². The normalized spacial score (nSPS) is 11.2. The molecule has 0 fully saturated rings. The van der Waals surface area contributed by atoms with Crippen molar-refractivity contribution in [3.8, 4) is 28.8 Å². The molecule has 0 N–H and O–H groups in total. The summed E-state index contributed by atoms with van der Waals surface area (Å²) in [6.45, 7) is 0. The lowest BCUT2D eigenvalue weighted by Gasteiger charge is -2.23. The van der Waals surface area contributed by atoms with Crippen molar-refractivity contribution in [2.75, 3.05) is 12.0 Å². The largest absolute Gasteiger partial charge is 0.497 e. The number of anilines is 3. The van der Waals surface area contributed by atoms with Crippen molar-refractivity contribution < 1.29 is 9.47 Å². The molecule has 0 unspecified atom stereocenters. The van der Waals surface area contributed by atoms with E-state index in [0.717, 1.165) is 56.5 Å². The minimum Gasteiger partial charge on any atom is -0.497 e. The molecule has 3 heterocycles. The third-order valence-corrected chi connectivity index (χ3v) is 8.01. The molecule has 7 nitrogen and oxygen atoms in total. The van der Waals surface area contributed by atoms with E-state index >= 15 is 0 Å². The Morgan fingerprint density at radius 1 is 0.587 bits per heavy atom. The van der Waals surface area contributed by atoms with Gasteiger partial charge >= 0.3 is 0 Å². The van der Waals surface area contributed by atoms with Crippen molar-refractivity contribution >= 4 is 38.9 Å². The standard InChI is InChI=1S/C39H29N5O2/c1-45-32-19-17-29(18-20-32)43(28-10-3-2-4-11-28)31-26-41-42(27-31)30-12-9-13-33(24-30)46-34-21-22-36-35-14-5-6-15-37(35)44(38(36)25-34)39-16-7-8-23-40-39/h2-27H,1H3. The highest BCUT2D eigenvalue weighted by molar-refractivity contribution is 6.09. The number of benzene rings is 5. The Labute approximate surface area is 266 Å². The first-order valence-electron chi connectivity index (χ1n) is 15.0. The molecule has 0 bridgehead atoms. The van der Waals surface area contributed by atoms with E-state index in [4.69, 9.17) is 14.6 Å². The molecule has 0 radical (unpaired) electrons. The fourth-order valence-corrected chi connectivity index (χ4v) is 5.90. The Kier molecular flexibility index (Phi) is 6.88. The van der Waals surface area contributed by atoms with Crippen molar-refractivity contribution in [3.63, 3.8) is 0 Å². The quantitative estimate of drug-likeness (QED) is 0.174. The first-order chi connectivity index (χ1) is 22.7. The van der Waals surface area contributed by atoms with Crippen molar-refractivity contribution in [2.45, 2.75) is 0 Å². The number of aromatic nitrogens is 4. The molecule has 0 saturated heterocycles. The molecule has 0 aliphatic rings. The minimum absolute atomic E-state index is 0.712. The molecule has 0 spiro atoms. The molecular formula is C39H29N5O2. The van der Waals surface area contributed by atoms with E-state index < -0.39 is 0 Å². The van der Waals surface area contributed by atoms with Crippen LogP contribution in [0.2, 0.25) is 0 Å². The van der Waals surface area contributed by atoms with Crippen LogP contribution in [-0.4, -0.2) is 26.4 Å². The summed E-state index contributed by atoms with van der Waals surface area (Å²) in [5.74, 6) is 3.12. The molecule has 8 rings (SSSR count). The van der Waals surface area contributed by atoms with Gasteiger partial charge in [0.1, 0.15) is 23.1 Å². The second-order valence-corrected chi connectivity index (χ2v) is 10.8. The Hall–Kier alpha value is -6.34. The minimum atomic E-state index is 0.712. The number of ether oxygens (including phenoxy) is 2. The van der Waals surface area contributed by atoms with Crippen LogP contribution in [0.25, 0.3) is 33.3 Å². The predicted molar refractivity (Wildman–Crippen MR) is 183 cm³/mol. The molecule has 0 aliphatic carbocycles. The van der Waals surface area contributed by atoms with E-state index in [1.165, 1.54) is 5.39 Å². The van der Waals surface area contributed by atoms with Crippen LogP contribution in [0.15, 0.2) is 158 Å². The molecule has 0 amide bonds. The van der Waals surface area contributed by atoms with Gasteiger partial charge in [-0.05, 0) is 78.9 Å². The summed E-state index contributed by atoms with van der Waals surface area (Å²) in [6.07, 6.45) is 5.71. The zero-order chi connectivity index (χ0) is 30.9. The highest BCUT2D eigenvalue weighted by atomic mass is 16.5. The molecule has 5 aromatic carbocycles. The van der Waals surface area contributed by atoms with Crippen LogP contribution in [0.5, 0.6) is 17.2 Å². The van der Waals surface area contributed by atoms with Crippen molar-refractivity contribution in [1.82, 2.24) is 19.3 Å². The number of rotatable bonds is 8. The van der Waals surface area contributed by atoms with Crippen molar-refractivity contribution in [2.24, 2.45) is 0 Å². The first kappa shape index (κ1) is 27.2. The van der Waals surface area contributed by atoms with Crippen LogP contribution in [-0.2, 0) is 0 Å². The second kappa shape index (κ2) is 11.6. The lowest BCUT2D eigenvalue weighted by molar-refractivity contribution is 0.415.